The van der Waals surface area contributed by atoms with Gasteiger partial charge in [-0.1, -0.05) is 6.07 Å². The number of benzene rings is 1. The van der Waals surface area contributed by atoms with Crippen LogP contribution in [0.1, 0.15) is 5.56 Å². The van der Waals surface area contributed by atoms with Crippen molar-refractivity contribution in [2.45, 2.75) is 6.92 Å². The largest absolute Gasteiger partial charge is 0.399 e. The van der Waals surface area contributed by atoms with Gasteiger partial charge in [-0.15, -0.1) is 0 Å². The van der Waals surface area contributed by atoms with Crippen molar-refractivity contribution in [3.8, 4) is 0 Å². The fourth-order valence-electron chi connectivity index (χ4n) is 1.99. The number of anilines is 2. The predicted molar refractivity (Wildman–Crippen MR) is 73.8 cm³/mol. The van der Waals surface area contributed by atoms with Crippen LogP contribution >= 0.6 is 0 Å². The highest BCUT2D eigenvalue weighted by Gasteiger charge is 2.26. The summed E-state index contributed by atoms with van der Waals surface area (Å²) in [6, 6.07) is 5.23. The minimum Gasteiger partial charge on any atom is -0.399 e. The Morgan fingerprint density at radius 3 is 2.79 bits per heavy atom. The van der Waals surface area contributed by atoms with Crippen LogP contribution < -0.4 is 11.1 Å². The molecule has 3 N–H and O–H groups in total. The second-order valence-corrected chi connectivity index (χ2v) is 4.75. The lowest BCUT2D eigenvalue weighted by Gasteiger charge is -2.16. The third-order valence-corrected chi connectivity index (χ3v) is 3.17. The molecule has 6 nitrogen and oxygen atoms in total. The number of nitrogens with two attached hydrogens (primary N) is 1. The lowest BCUT2D eigenvalue weighted by molar-refractivity contribution is -0.116. The van der Waals surface area contributed by atoms with E-state index in [1.54, 1.807) is 24.1 Å². The number of aryl methyl sites for hydroxylation is 1. The highest BCUT2D eigenvalue weighted by atomic mass is 16.2. The zero-order chi connectivity index (χ0) is 14.0. The van der Waals surface area contributed by atoms with Crippen molar-refractivity contribution in [1.29, 1.82) is 0 Å². The van der Waals surface area contributed by atoms with Crippen LogP contribution in [0.4, 0.5) is 16.2 Å². The number of nitrogen functional groups attached to an aromatic ring is 1. The molecule has 0 saturated carbocycles. The third-order valence-electron chi connectivity index (χ3n) is 3.17. The Bertz CT molecular complexity index is 515. The van der Waals surface area contributed by atoms with Crippen LogP contribution in [0.5, 0.6) is 0 Å². The van der Waals surface area contributed by atoms with Crippen LogP contribution in [0.3, 0.4) is 0 Å². The van der Waals surface area contributed by atoms with E-state index < -0.39 is 0 Å². The minimum atomic E-state index is -0.211. The average Bonchev–Trinajstić information content (AvgIpc) is 2.66. The zero-order valence-electron chi connectivity index (χ0n) is 11.1. The first-order chi connectivity index (χ1) is 8.97. The fourth-order valence-corrected chi connectivity index (χ4v) is 1.99. The van der Waals surface area contributed by atoms with E-state index in [0.717, 1.165) is 5.56 Å². The molecule has 1 aromatic rings. The molecule has 6 heteroatoms. The number of nitrogens with zero attached hydrogens (tertiary/aromatic N) is 2. The average molecular weight is 262 g/mol. The molecule has 3 amide bonds. The van der Waals surface area contributed by atoms with Gasteiger partial charge in [0, 0.05) is 31.5 Å². The van der Waals surface area contributed by atoms with Crippen LogP contribution in [-0.4, -0.2) is 48.4 Å². The smallest absolute Gasteiger partial charge is 0.320 e. The first kappa shape index (κ1) is 13.2. The number of likely N-dealkylation sites (N-methyl/N-ethyl adjacent to an activating group) is 1. The Morgan fingerprint density at radius 1 is 1.42 bits per heavy atom. The van der Waals surface area contributed by atoms with Gasteiger partial charge in [0.15, 0.2) is 0 Å². The number of hydrogen-bond acceptors (Lipinski definition) is 3. The summed E-state index contributed by atoms with van der Waals surface area (Å²) in [6.45, 7) is 3.20. The summed E-state index contributed by atoms with van der Waals surface area (Å²) < 4.78 is 0. The summed E-state index contributed by atoms with van der Waals surface area (Å²) in [5.74, 6) is -0.211. The molecule has 1 saturated heterocycles. The number of urea groups is 1. The molecular weight excluding hydrogens is 244 g/mol. The molecule has 1 heterocycles. The number of nitrogens with one attached hydrogen (secondary N) is 1. The maximum Gasteiger partial charge on any atom is 0.320 e. The monoisotopic (exact) mass is 262 g/mol. The Labute approximate surface area is 112 Å². The number of carbonyl (C=O) groups is 2. The van der Waals surface area contributed by atoms with Crippen LogP contribution in [0.15, 0.2) is 18.2 Å². The van der Waals surface area contributed by atoms with E-state index in [1.165, 1.54) is 4.90 Å². The van der Waals surface area contributed by atoms with Crippen molar-refractivity contribution in [1.82, 2.24) is 9.80 Å². The van der Waals surface area contributed by atoms with E-state index in [0.29, 0.717) is 24.5 Å². The second-order valence-electron chi connectivity index (χ2n) is 4.75. The van der Waals surface area contributed by atoms with E-state index in [4.69, 9.17) is 5.73 Å². The first-order valence-corrected chi connectivity index (χ1v) is 6.13. The molecular formula is C13H18N4O2. The Kier molecular flexibility index (Phi) is 3.59. The normalized spacial score (nSPS) is 14.9. The molecule has 1 aromatic carbocycles. The van der Waals surface area contributed by atoms with Gasteiger partial charge in [-0.2, -0.15) is 0 Å². The predicted octanol–water partition coefficient (Wildman–Crippen LogP) is 0.883. The topological polar surface area (TPSA) is 78.7 Å². The summed E-state index contributed by atoms with van der Waals surface area (Å²) in [5, 5.41) is 2.78. The molecule has 0 atom stereocenters. The van der Waals surface area contributed by atoms with E-state index in [9.17, 15) is 9.59 Å². The minimum absolute atomic E-state index is 0.0669. The summed E-state index contributed by atoms with van der Waals surface area (Å²) in [5.41, 5.74) is 7.90. The molecule has 0 radical (unpaired) electrons. The highest BCUT2D eigenvalue weighted by molar-refractivity contribution is 5.95. The van der Waals surface area contributed by atoms with Gasteiger partial charge in [0.25, 0.3) is 0 Å². The van der Waals surface area contributed by atoms with E-state index >= 15 is 0 Å². The lowest BCUT2D eigenvalue weighted by atomic mass is 10.2. The maximum absolute atomic E-state index is 11.9. The summed E-state index contributed by atoms with van der Waals surface area (Å²) in [7, 11) is 1.72. The standard InChI is InChI=1S/C13H18N4O2/c1-9-3-4-10(14)7-11(9)15-12(18)8-17-6-5-16(2)13(17)19/h3-4,7H,5-6,8,14H2,1-2H3,(H,15,18). The van der Waals surface area contributed by atoms with Crippen LogP contribution in [0.25, 0.3) is 0 Å². The van der Waals surface area contributed by atoms with Crippen molar-refractivity contribution >= 4 is 23.3 Å². The van der Waals surface area contributed by atoms with Gasteiger partial charge < -0.3 is 20.9 Å². The number of carbonyl (C=O) groups excluding carboxylic acids is 2. The van der Waals surface area contributed by atoms with Crippen LogP contribution in [0, 0.1) is 6.92 Å². The molecule has 0 bridgehead atoms. The van der Waals surface area contributed by atoms with Gasteiger partial charge in [-0.25, -0.2) is 4.79 Å². The molecule has 19 heavy (non-hydrogen) atoms. The van der Waals surface area contributed by atoms with E-state index in [-0.39, 0.29) is 18.5 Å². The fraction of sp³-hybridized carbons (Fsp3) is 0.385. The molecule has 0 unspecified atom stereocenters. The highest BCUT2D eigenvalue weighted by Crippen LogP contribution is 2.18. The van der Waals surface area contributed by atoms with Crippen molar-refractivity contribution in [2.24, 2.45) is 0 Å². The second kappa shape index (κ2) is 5.17. The van der Waals surface area contributed by atoms with Gasteiger partial charge in [-0.3, -0.25) is 4.79 Å². The van der Waals surface area contributed by atoms with Crippen molar-refractivity contribution < 1.29 is 9.59 Å². The van der Waals surface area contributed by atoms with Crippen LogP contribution in [0.2, 0.25) is 0 Å². The van der Waals surface area contributed by atoms with Gasteiger partial charge >= 0.3 is 6.03 Å². The summed E-state index contributed by atoms with van der Waals surface area (Å²) in [6.07, 6.45) is 0. The van der Waals surface area contributed by atoms with Gasteiger partial charge in [0.2, 0.25) is 5.91 Å². The maximum atomic E-state index is 11.9. The third kappa shape index (κ3) is 2.96. The van der Waals surface area contributed by atoms with E-state index in [1.807, 2.05) is 13.0 Å². The summed E-state index contributed by atoms with van der Waals surface area (Å²) in [4.78, 5) is 26.7. The molecule has 0 aliphatic carbocycles. The van der Waals surface area contributed by atoms with Crippen LogP contribution in [-0.2, 0) is 4.79 Å². The molecule has 2 rings (SSSR count). The van der Waals surface area contributed by atoms with Gasteiger partial charge in [0.05, 0.1) is 0 Å². The first-order valence-electron chi connectivity index (χ1n) is 6.13. The molecule has 1 aliphatic heterocycles. The number of amides is 3. The Morgan fingerprint density at radius 2 is 2.16 bits per heavy atom. The van der Waals surface area contributed by atoms with E-state index in [2.05, 4.69) is 5.32 Å². The van der Waals surface area contributed by atoms with Crippen molar-refractivity contribution in [3.63, 3.8) is 0 Å². The SMILES string of the molecule is Cc1ccc(N)cc1NC(=O)CN1CCN(C)C1=O. The molecule has 1 fully saturated rings. The Hall–Kier alpha value is -2.24. The molecule has 0 spiro atoms. The summed E-state index contributed by atoms with van der Waals surface area (Å²) >= 11 is 0. The van der Waals surface area contributed by atoms with Crippen molar-refractivity contribution in [3.05, 3.63) is 23.8 Å². The van der Waals surface area contributed by atoms with Gasteiger partial charge in [0.1, 0.15) is 6.54 Å². The van der Waals surface area contributed by atoms with Crippen molar-refractivity contribution in [2.75, 3.05) is 37.7 Å². The molecule has 1 aliphatic rings. The molecule has 0 aromatic heterocycles. The Balaban J connectivity index is 1.98. The quantitative estimate of drug-likeness (QED) is 0.794. The molecule has 102 valence electrons. The zero-order valence-corrected chi connectivity index (χ0v) is 11.1. The lowest BCUT2D eigenvalue weighted by Crippen LogP contribution is -2.36. The van der Waals surface area contributed by atoms with Gasteiger partial charge in [-0.05, 0) is 24.6 Å². The number of hydrogen-bond donors (Lipinski definition) is 2. The number of rotatable bonds is 3.